The number of hydrogen-bond donors (Lipinski definition) is 4. The zero-order valence-electron chi connectivity index (χ0n) is 11.4. The van der Waals surface area contributed by atoms with Crippen molar-refractivity contribution in [2.24, 2.45) is 5.73 Å². The highest BCUT2D eigenvalue weighted by molar-refractivity contribution is 5.91. The third-order valence-corrected chi connectivity index (χ3v) is 2.32. The number of nitrogens with one attached hydrogen (secondary N) is 3. The number of urea groups is 1. The van der Waals surface area contributed by atoms with Crippen LogP contribution in [0.2, 0.25) is 0 Å². The SMILES string of the molecule is CN[C@@H](C)C(=O)N[C@H](C#CCCNC(N)=O)C(C)=O. The van der Waals surface area contributed by atoms with E-state index < -0.39 is 18.1 Å². The summed E-state index contributed by atoms with van der Waals surface area (Å²) >= 11 is 0. The molecule has 2 atom stereocenters. The number of rotatable bonds is 6. The van der Waals surface area contributed by atoms with Gasteiger partial charge >= 0.3 is 6.03 Å². The molecule has 0 saturated carbocycles. The van der Waals surface area contributed by atoms with E-state index in [-0.39, 0.29) is 11.7 Å². The molecule has 0 heterocycles. The summed E-state index contributed by atoms with van der Waals surface area (Å²) < 4.78 is 0. The van der Waals surface area contributed by atoms with Gasteiger partial charge < -0.3 is 21.7 Å². The number of hydrogen-bond acceptors (Lipinski definition) is 4. The van der Waals surface area contributed by atoms with Crippen molar-refractivity contribution in [1.29, 1.82) is 0 Å². The third-order valence-electron chi connectivity index (χ3n) is 2.32. The van der Waals surface area contributed by atoms with Crippen LogP contribution >= 0.6 is 0 Å². The summed E-state index contributed by atoms with van der Waals surface area (Å²) in [5.74, 6) is 4.82. The number of primary amides is 1. The van der Waals surface area contributed by atoms with Crippen LogP contribution in [0.4, 0.5) is 4.79 Å². The Morgan fingerprint density at radius 3 is 2.42 bits per heavy atom. The zero-order valence-corrected chi connectivity index (χ0v) is 11.4. The molecule has 0 fully saturated rings. The van der Waals surface area contributed by atoms with Crippen LogP contribution in [0.3, 0.4) is 0 Å². The molecule has 5 N–H and O–H groups in total. The van der Waals surface area contributed by atoms with Gasteiger partial charge in [-0.2, -0.15) is 0 Å². The normalized spacial score (nSPS) is 12.6. The molecule has 0 unspecified atom stereocenters. The summed E-state index contributed by atoms with van der Waals surface area (Å²) in [6.45, 7) is 3.33. The second kappa shape index (κ2) is 8.94. The average Bonchev–Trinajstić information content (AvgIpc) is 2.34. The molecule has 0 aliphatic rings. The predicted octanol–water partition coefficient (Wildman–Crippen LogP) is -1.27. The molecular formula is C12H20N4O3. The first-order chi connectivity index (χ1) is 8.88. The molecule has 0 saturated heterocycles. The summed E-state index contributed by atoms with van der Waals surface area (Å²) in [6.07, 6.45) is 0.351. The smallest absolute Gasteiger partial charge is 0.312 e. The minimum Gasteiger partial charge on any atom is -0.352 e. The van der Waals surface area contributed by atoms with Crippen molar-refractivity contribution in [3.8, 4) is 11.8 Å². The fraction of sp³-hybridized carbons (Fsp3) is 0.583. The van der Waals surface area contributed by atoms with Gasteiger partial charge in [0.1, 0.15) is 6.04 Å². The van der Waals surface area contributed by atoms with E-state index >= 15 is 0 Å². The minimum absolute atomic E-state index is 0.244. The zero-order chi connectivity index (χ0) is 14.8. The van der Waals surface area contributed by atoms with Gasteiger partial charge in [0.2, 0.25) is 5.91 Å². The largest absolute Gasteiger partial charge is 0.352 e. The monoisotopic (exact) mass is 268 g/mol. The Bertz CT molecular complexity index is 398. The lowest BCUT2D eigenvalue weighted by atomic mass is 10.2. The van der Waals surface area contributed by atoms with Gasteiger partial charge in [-0.1, -0.05) is 11.8 Å². The van der Waals surface area contributed by atoms with Crippen LogP contribution in [0, 0.1) is 11.8 Å². The highest BCUT2D eigenvalue weighted by atomic mass is 16.2. The van der Waals surface area contributed by atoms with Crippen molar-refractivity contribution < 1.29 is 14.4 Å². The quantitative estimate of drug-likeness (QED) is 0.355. The van der Waals surface area contributed by atoms with Crippen LogP contribution in [-0.2, 0) is 9.59 Å². The van der Waals surface area contributed by atoms with Crippen LogP contribution in [0.15, 0.2) is 0 Å². The van der Waals surface area contributed by atoms with Crippen molar-refractivity contribution in [3.63, 3.8) is 0 Å². The molecule has 0 bridgehead atoms. The number of carbonyl (C=O) groups is 3. The van der Waals surface area contributed by atoms with Gasteiger partial charge in [-0.25, -0.2) is 4.79 Å². The Hall–Kier alpha value is -2.07. The van der Waals surface area contributed by atoms with Crippen LogP contribution in [0.5, 0.6) is 0 Å². The average molecular weight is 268 g/mol. The molecule has 106 valence electrons. The van der Waals surface area contributed by atoms with E-state index in [0.717, 1.165) is 0 Å². The molecule has 0 radical (unpaired) electrons. The van der Waals surface area contributed by atoms with Gasteiger partial charge in [0.05, 0.1) is 6.04 Å². The molecule has 3 amide bonds. The summed E-state index contributed by atoms with van der Waals surface area (Å²) in [7, 11) is 1.65. The van der Waals surface area contributed by atoms with E-state index in [1.807, 2.05) is 0 Å². The number of Topliss-reactive ketones (excluding diaryl/α,β-unsaturated/α-hetero) is 1. The fourth-order valence-corrected chi connectivity index (χ4v) is 1.06. The third kappa shape index (κ3) is 7.78. The molecule has 7 nitrogen and oxygen atoms in total. The van der Waals surface area contributed by atoms with Crippen LogP contribution in [-0.4, -0.2) is 43.4 Å². The van der Waals surface area contributed by atoms with Gasteiger partial charge in [0, 0.05) is 13.0 Å². The van der Waals surface area contributed by atoms with Crippen LogP contribution in [0.1, 0.15) is 20.3 Å². The van der Waals surface area contributed by atoms with Gasteiger partial charge in [0.25, 0.3) is 0 Å². The fourth-order valence-electron chi connectivity index (χ4n) is 1.06. The molecule has 0 aromatic carbocycles. The maximum Gasteiger partial charge on any atom is 0.312 e. The predicted molar refractivity (Wildman–Crippen MR) is 71.1 cm³/mol. The van der Waals surface area contributed by atoms with Crippen molar-refractivity contribution >= 4 is 17.7 Å². The molecule has 0 spiro atoms. The molecule has 0 rings (SSSR count). The van der Waals surface area contributed by atoms with Gasteiger partial charge in [-0.3, -0.25) is 9.59 Å². The lowest BCUT2D eigenvalue weighted by Crippen LogP contribution is -2.47. The molecule has 19 heavy (non-hydrogen) atoms. The molecule has 0 aromatic rings. The van der Waals surface area contributed by atoms with E-state index in [1.54, 1.807) is 14.0 Å². The second-order valence-electron chi connectivity index (χ2n) is 3.92. The maximum atomic E-state index is 11.6. The minimum atomic E-state index is -0.836. The Morgan fingerprint density at radius 2 is 1.95 bits per heavy atom. The first-order valence-electron chi connectivity index (χ1n) is 5.88. The molecule has 0 aliphatic carbocycles. The van der Waals surface area contributed by atoms with Crippen LogP contribution < -0.4 is 21.7 Å². The Balaban J connectivity index is 4.35. The van der Waals surface area contributed by atoms with E-state index in [0.29, 0.717) is 13.0 Å². The van der Waals surface area contributed by atoms with Crippen molar-refractivity contribution in [1.82, 2.24) is 16.0 Å². The molecule has 0 aliphatic heterocycles. The van der Waals surface area contributed by atoms with Crippen molar-refractivity contribution in [2.45, 2.75) is 32.4 Å². The van der Waals surface area contributed by atoms with E-state index in [9.17, 15) is 14.4 Å². The number of nitrogens with two attached hydrogens (primary N) is 1. The van der Waals surface area contributed by atoms with Gasteiger partial charge in [0.15, 0.2) is 5.78 Å². The number of likely N-dealkylation sites (N-methyl/N-ethyl adjacent to an activating group) is 1. The number of carbonyl (C=O) groups excluding carboxylic acids is 3. The van der Waals surface area contributed by atoms with E-state index in [1.165, 1.54) is 6.92 Å². The summed E-state index contributed by atoms with van der Waals surface area (Å²) in [5, 5.41) is 7.67. The van der Waals surface area contributed by atoms with E-state index in [2.05, 4.69) is 27.8 Å². The standard InChI is InChI=1S/C12H20N4O3/c1-8(14-3)11(18)16-10(9(2)17)6-4-5-7-15-12(13)19/h8,10,14H,5,7H2,1-3H3,(H,16,18)(H3,13,15,19)/t8-,10+/m0/s1. The molecule has 0 aromatic heterocycles. The lowest BCUT2D eigenvalue weighted by molar-refractivity contribution is -0.126. The van der Waals surface area contributed by atoms with Gasteiger partial charge in [-0.15, -0.1) is 0 Å². The summed E-state index contributed by atoms with van der Waals surface area (Å²) in [5.41, 5.74) is 4.88. The summed E-state index contributed by atoms with van der Waals surface area (Å²) in [4.78, 5) is 33.3. The lowest BCUT2D eigenvalue weighted by Gasteiger charge is -2.14. The highest BCUT2D eigenvalue weighted by Gasteiger charge is 2.17. The second-order valence-corrected chi connectivity index (χ2v) is 3.92. The topological polar surface area (TPSA) is 113 Å². The van der Waals surface area contributed by atoms with Crippen LogP contribution in [0.25, 0.3) is 0 Å². The Kier molecular flexibility index (Phi) is 7.97. The summed E-state index contributed by atoms with van der Waals surface area (Å²) in [6, 6.07) is -1.86. The van der Waals surface area contributed by atoms with Gasteiger partial charge in [-0.05, 0) is 20.9 Å². The Labute approximate surface area is 112 Å². The molecular weight excluding hydrogens is 248 g/mol. The first-order valence-corrected chi connectivity index (χ1v) is 5.88. The van der Waals surface area contributed by atoms with E-state index in [4.69, 9.17) is 5.73 Å². The number of amides is 3. The molecule has 7 heteroatoms. The Morgan fingerprint density at radius 1 is 1.32 bits per heavy atom. The highest BCUT2D eigenvalue weighted by Crippen LogP contribution is 1.88. The maximum absolute atomic E-state index is 11.6. The number of ketones is 1. The van der Waals surface area contributed by atoms with Crippen molar-refractivity contribution in [2.75, 3.05) is 13.6 Å². The van der Waals surface area contributed by atoms with Crippen molar-refractivity contribution in [3.05, 3.63) is 0 Å². The first kappa shape index (κ1) is 16.9.